The molecule has 1 aliphatic rings. The van der Waals surface area contributed by atoms with Crippen LogP contribution in [0.25, 0.3) is 11.0 Å². The Balaban J connectivity index is 1.13. The number of benzene rings is 2. The summed E-state index contributed by atoms with van der Waals surface area (Å²) >= 11 is 0. The van der Waals surface area contributed by atoms with Crippen molar-refractivity contribution in [1.82, 2.24) is 33.9 Å². The monoisotopic (exact) mass is 596 g/mol. The summed E-state index contributed by atoms with van der Waals surface area (Å²) in [7, 11) is 1.38. The number of carbonyl (C=O) groups is 1. The van der Waals surface area contributed by atoms with Crippen LogP contribution >= 0.6 is 0 Å². The van der Waals surface area contributed by atoms with Gasteiger partial charge in [0.2, 0.25) is 0 Å². The van der Waals surface area contributed by atoms with Crippen LogP contribution in [-0.2, 0) is 31.0 Å². The van der Waals surface area contributed by atoms with Crippen LogP contribution in [0.5, 0.6) is 0 Å². The van der Waals surface area contributed by atoms with E-state index in [1.165, 1.54) is 18.0 Å². The van der Waals surface area contributed by atoms with Crippen LogP contribution in [-0.4, -0.2) is 60.1 Å². The van der Waals surface area contributed by atoms with Gasteiger partial charge in [0.25, 0.3) is 0 Å². The highest BCUT2D eigenvalue weighted by Crippen LogP contribution is 2.28. The lowest BCUT2D eigenvalue weighted by atomic mass is 9.94. The number of piperidine rings is 1. The summed E-state index contributed by atoms with van der Waals surface area (Å²) in [6.07, 6.45) is 7.30. The van der Waals surface area contributed by atoms with Crippen LogP contribution in [0.4, 0.5) is 4.39 Å². The maximum atomic E-state index is 14.2. The molecule has 0 spiro atoms. The number of methoxy groups -OCH3 is 1. The molecule has 0 atom stereocenters. The molecule has 226 valence electrons. The Morgan fingerprint density at radius 2 is 1.98 bits per heavy atom. The molecule has 4 heterocycles. The van der Waals surface area contributed by atoms with Crippen molar-refractivity contribution in [2.75, 3.05) is 20.2 Å². The Morgan fingerprint density at radius 3 is 2.73 bits per heavy atom. The van der Waals surface area contributed by atoms with E-state index >= 15 is 0 Å². The van der Waals surface area contributed by atoms with Crippen molar-refractivity contribution in [3.05, 3.63) is 101 Å². The number of carbonyl (C=O) groups excluding carboxylic acids is 1. The van der Waals surface area contributed by atoms with Gasteiger partial charge in [-0.15, -0.1) is 9.94 Å². The van der Waals surface area contributed by atoms with E-state index in [1.807, 2.05) is 36.8 Å². The molecule has 0 saturated carbocycles. The van der Waals surface area contributed by atoms with Gasteiger partial charge in [-0.05, 0) is 69.3 Å². The number of fused-ring (bicyclic) bond motifs is 1. The summed E-state index contributed by atoms with van der Waals surface area (Å²) in [6, 6.07) is 13.7. The fourth-order valence-corrected chi connectivity index (χ4v) is 5.71. The van der Waals surface area contributed by atoms with Gasteiger partial charge in [-0.2, -0.15) is 5.26 Å². The molecule has 12 heteroatoms. The van der Waals surface area contributed by atoms with E-state index in [1.54, 1.807) is 24.4 Å². The highest BCUT2D eigenvalue weighted by atomic mass is 19.1. The molecular formula is C32H33FN8O3. The number of esters is 1. The third-order valence-corrected chi connectivity index (χ3v) is 8.20. The van der Waals surface area contributed by atoms with E-state index in [9.17, 15) is 9.18 Å². The zero-order valence-corrected chi connectivity index (χ0v) is 24.7. The molecule has 1 aliphatic heterocycles. The summed E-state index contributed by atoms with van der Waals surface area (Å²) in [4.78, 5) is 31.0. The van der Waals surface area contributed by atoms with Crippen molar-refractivity contribution in [2.24, 2.45) is 0 Å². The average Bonchev–Trinajstić information content (AvgIpc) is 3.79. The summed E-state index contributed by atoms with van der Waals surface area (Å²) < 4.78 is 23.5. The zero-order valence-electron chi connectivity index (χ0n) is 24.7. The predicted octanol–water partition coefficient (Wildman–Crippen LogP) is 4.30. The SMILES string of the molecule is CCn1cncc1Cn1c(CN2CCC(c3ccn(OCc4ccc(C#N)cc4F)n3)CC2)nc2ccc(C(=O)OC)cc21. The van der Waals surface area contributed by atoms with Crippen molar-refractivity contribution in [3.8, 4) is 6.07 Å². The molecule has 11 nitrogen and oxygen atoms in total. The molecule has 0 aliphatic carbocycles. The third kappa shape index (κ3) is 6.05. The first-order chi connectivity index (χ1) is 21.4. The van der Waals surface area contributed by atoms with Gasteiger partial charge in [-0.25, -0.2) is 19.2 Å². The number of nitriles is 1. The fourth-order valence-electron chi connectivity index (χ4n) is 5.71. The second-order valence-electron chi connectivity index (χ2n) is 10.9. The first kappa shape index (κ1) is 29.1. The molecule has 44 heavy (non-hydrogen) atoms. The van der Waals surface area contributed by atoms with Crippen molar-refractivity contribution in [3.63, 3.8) is 0 Å². The number of aromatic nitrogens is 6. The summed E-state index contributed by atoms with van der Waals surface area (Å²) in [5.74, 6) is 0.355. The van der Waals surface area contributed by atoms with E-state index in [-0.39, 0.29) is 24.1 Å². The van der Waals surface area contributed by atoms with Gasteiger partial charge in [-0.3, -0.25) is 4.90 Å². The van der Waals surface area contributed by atoms with Crippen LogP contribution in [0.3, 0.4) is 0 Å². The molecular weight excluding hydrogens is 563 g/mol. The van der Waals surface area contributed by atoms with Crippen LogP contribution in [0, 0.1) is 17.1 Å². The zero-order chi connectivity index (χ0) is 30.6. The van der Waals surface area contributed by atoms with Crippen molar-refractivity contribution >= 4 is 17.0 Å². The quantitative estimate of drug-likeness (QED) is 0.219. The maximum Gasteiger partial charge on any atom is 0.337 e. The minimum Gasteiger partial charge on any atom is -0.465 e. The number of rotatable bonds is 10. The number of hydrogen-bond acceptors (Lipinski definition) is 8. The number of halogens is 1. The standard InChI is InChI=1S/C32H33FN8O3/c1-3-39-21-35-17-26(39)18-40-30-15-24(32(42)43-2)6-7-29(30)36-31(40)19-38-11-8-23(9-12-38)28-10-13-41(37-28)44-20-25-5-4-22(16-34)14-27(25)33/h4-7,10,13-15,17,21,23H,3,8-9,11-12,18-20H2,1-2H3. The van der Waals surface area contributed by atoms with E-state index in [2.05, 4.69) is 31.0 Å². The molecule has 0 unspecified atom stereocenters. The van der Waals surface area contributed by atoms with Gasteiger partial charge in [0.05, 0.1) is 72.3 Å². The lowest BCUT2D eigenvalue weighted by Crippen LogP contribution is -2.33. The number of hydrogen-bond donors (Lipinski definition) is 0. The van der Waals surface area contributed by atoms with Crippen molar-refractivity contribution in [2.45, 2.75) is 51.9 Å². The fraction of sp³-hybridized carbons (Fsp3) is 0.344. The molecule has 1 saturated heterocycles. The second kappa shape index (κ2) is 12.7. The lowest BCUT2D eigenvalue weighted by Gasteiger charge is -2.31. The van der Waals surface area contributed by atoms with Gasteiger partial charge in [0, 0.05) is 24.2 Å². The molecule has 5 aromatic rings. The van der Waals surface area contributed by atoms with Crippen molar-refractivity contribution < 1.29 is 18.8 Å². The minimum atomic E-state index is -0.475. The minimum absolute atomic E-state index is 0.0122. The molecule has 0 N–H and O–H groups in total. The number of ether oxygens (including phenoxy) is 1. The van der Waals surface area contributed by atoms with Gasteiger partial charge in [0.15, 0.2) is 0 Å². The van der Waals surface area contributed by atoms with Crippen LogP contribution in [0.15, 0.2) is 61.2 Å². The highest BCUT2D eigenvalue weighted by molar-refractivity contribution is 5.93. The van der Waals surface area contributed by atoms with Crippen LogP contribution < -0.4 is 4.84 Å². The molecule has 0 radical (unpaired) electrons. The Bertz CT molecular complexity index is 1830. The topological polar surface area (TPSA) is 116 Å². The Kier molecular flexibility index (Phi) is 8.38. The molecule has 3 aromatic heterocycles. The van der Waals surface area contributed by atoms with E-state index in [4.69, 9.17) is 19.8 Å². The van der Waals surface area contributed by atoms with E-state index < -0.39 is 5.82 Å². The highest BCUT2D eigenvalue weighted by Gasteiger charge is 2.25. The maximum absolute atomic E-state index is 14.2. The number of aryl methyl sites for hydroxylation is 1. The third-order valence-electron chi connectivity index (χ3n) is 8.20. The summed E-state index contributed by atoms with van der Waals surface area (Å²) in [5, 5.41) is 13.5. The van der Waals surface area contributed by atoms with E-state index in [0.717, 1.165) is 60.7 Å². The summed E-state index contributed by atoms with van der Waals surface area (Å²) in [6.45, 7) is 5.91. The van der Waals surface area contributed by atoms with Gasteiger partial charge in [0.1, 0.15) is 18.2 Å². The smallest absolute Gasteiger partial charge is 0.337 e. The van der Waals surface area contributed by atoms with Crippen molar-refractivity contribution in [1.29, 1.82) is 5.26 Å². The summed E-state index contributed by atoms with van der Waals surface area (Å²) in [5.41, 5.74) is 4.84. The largest absolute Gasteiger partial charge is 0.465 e. The Labute approximate surface area is 254 Å². The molecule has 0 amide bonds. The Morgan fingerprint density at radius 1 is 1.14 bits per heavy atom. The van der Waals surface area contributed by atoms with Gasteiger partial charge < -0.3 is 18.7 Å². The molecule has 6 rings (SSSR count). The second-order valence-corrected chi connectivity index (χ2v) is 10.9. The normalized spacial score (nSPS) is 14.1. The number of nitrogens with zero attached hydrogens (tertiary/aromatic N) is 8. The van der Waals surface area contributed by atoms with Crippen LogP contribution in [0.2, 0.25) is 0 Å². The van der Waals surface area contributed by atoms with Crippen LogP contribution in [0.1, 0.15) is 64.4 Å². The predicted molar refractivity (Wildman–Crippen MR) is 159 cm³/mol. The van der Waals surface area contributed by atoms with Gasteiger partial charge in [-0.1, -0.05) is 6.07 Å². The Hall–Kier alpha value is -5.02. The molecule has 1 fully saturated rings. The average molecular weight is 597 g/mol. The van der Waals surface area contributed by atoms with Gasteiger partial charge >= 0.3 is 5.97 Å². The molecule has 0 bridgehead atoms. The van der Waals surface area contributed by atoms with E-state index in [0.29, 0.717) is 24.2 Å². The molecule has 2 aromatic carbocycles. The number of likely N-dealkylation sites (tertiary alicyclic amines) is 1. The first-order valence-corrected chi connectivity index (χ1v) is 14.6. The lowest BCUT2D eigenvalue weighted by molar-refractivity contribution is 0.0600. The number of imidazole rings is 2. The first-order valence-electron chi connectivity index (χ1n) is 14.6.